The molecule has 0 atom stereocenters. The molecule has 3 N–H and O–H groups in total. The van der Waals surface area contributed by atoms with E-state index in [9.17, 15) is 9.90 Å². The van der Waals surface area contributed by atoms with Crippen molar-refractivity contribution < 1.29 is 19.7 Å². The van der Waals surface area contributed by atoms with E-state index in [2.05, 4.69) is 28.8 Å². The first-order valence-corrected chi connectivity index (χ1v) is 6.08. The van der Waals surface area contributed by atoms with Crippen molar-refractivity contribution in [2.24, 2.45) is 5.92 Å². The van der Waals surface area contributed by atoms with Crippen molar-refractivity contribution in [3.63, 3.8) is 0 Å². The minimum atomic E-state index is -1.46. The van der Waals surface area contributed by atoms with Crippen LogP contribution in [0.15, 0.2) is 12.1 Å². The van der Waals surface area contributed by atoms with Crippen LogP contribution in [-0.4, -0.2) is 26.6 Å². The number of nitrogens with one attached hydrogen (secondary N) is 1. The highest BCUT2D eigenvalue weighted by molar-refractivity contribution is 5.85. The normalized spacial score (nSPS) is 11.1. The molecule has 6 heteroatoms. The molecule has 6 nitrogen and oxygen atoms in total. The molecular formula is C13H16N2O4. The number of carboxylic acid groups (broad SMARTS) is 1. The monoisotopic (exact) mass is 264 g/mol. The van der Waals surface area contributed by atoms with Crippen LogP contribution in [-0.2, 0) is 6.42 Å². The van der Waals surface area contributed by atoms with Gasteiger partial charge >= 0.3 is 6.16 Å². The van der Waals surface area contributed by atoms with Crippen LogP contribution in [0.25, 0.3) is 10.9 Å². The average Bonchev–Trinajstić information content (AvgIpc) is 2.68. The van der Waals surface area contributed by atoms with E-state index in [-0.39, 0.29) is 11.5 Å². The quantitative estimate of drug-likeness (QED) is 0.583. The summed E-state index contributed by atoms with van der Waals surface area (Å²) in [7, 11) is 0. The average molecular weight is 264 g/mol. The Kier molecular flexibility index (Phi) is 3.59. The Labute approximate surface area is 110 Å². The number of hydrogen-bond donors (Lipinski definition) is 3. The zero-order valence-corrected chi connectivity index (χ0v) is 10.8. The van der Waals surface area contributed by atoms with Gasteiger partial charge in [0, 0.05) is 11.5 Å². The van der Waals surface area contributed by atoms with Crippen LogP contribution in [0.1, 0.15) is 26.0 Å². The van der Waals surface area contributed by atoms with Gasteiger partial charge in [-0.15, -0.1) is 0 Å². The maximum atomic E-state index is 10.5. The lowest BCUT2D eigenvalue weighted by atomic mass is 10.0. The topological polar surface area (TPSA) is 95.4 Å². The lowest BCUT2D eigenvalue weighted by Gasteiger charge is -2.04. The van der Waals surface area contributed by atoms with E-state index in [1.54, 1.807) is 0 Å². The van der Waals surface area contributed by atoms with Crippen LogP contribution in [0.5, 0.6) is 11.5 Å². The lowest BCUT2D eigenvalue weighted by molar-refractivity contribution is 0.143. The molecule has 0 bridgehead atoms. The Morgan fingerprint density at radius 1 is 1.47 bits per heavy atom. The van der Waals surface area contributed by atoms with Crippen molar-refractivity contribution in [1.29, 1.82) is 0 Å². The SMILES string of the molecule is CC(C)CCc1n[nH]c2cc(O)c(OC(=O)O)cc12. The van der Waals surface area contributed by atoms with Crippen LogP contribution in [0.3, 0.4) is 0 Å². The van der Waals surface area contributed by atoms with Crippen molar-refractivity contribution in [2.45, 2.75) is 26.7 Å². The lowest BCUT2D eigenvalue weighted by Crippen LogP contribution is -2.03. The number of carbonyl (C=O) groups is 1. The minimum Gasteiger partial charge on any atom is -0.504 e. The molecule has 2 rings (SSSR count). The summed E-state index contributed by atoms with van der Waals surface area (Å²) >= 11 is 0. The second kappa shape index (κ2) is 5.17. The molecule has 0 fully saturated rings. The Hall–Kier alpha value is -2.24. The number of nitrogens with zero attached hydrogens (tertiary/aromatic N) is 1. The Morgan fingerprint density at radius 2 is 2.21 bits per heavy atom. The maximum absolute atomic E-state index is 10.5. The highest BCUT2D eigenvalue weighted by Gasteiger charge is 2.13. The number of phenolic OH excluding ortho intramolecular Hbond substituents is 1. The standard InChI is InChI=1S/C13H16N2O4/c1-7(2)3-4-9-8-5-12(19-13(17)18)11(16)6-10(8)15-14-9/h5-7,16H,3-4H2,1-2H3,(H,14,15)(H,17,18). The van der Waals surface area contributed by atoms with Crippen LogP contribution in [0, 0.1) is 5.92 Å². The van der Waals surface area contributed by atoms with Gasteiger partial charge < -0.3 is 14.9 Å². The third-order valence-corrected chi connectivity index (χ3v) is 2.88. The van der Waals surface area contributed by atoms with Crippen LogP contribution in [0.4, 0.5) is 4.79 Å². The third-order valence-electron chi connectivity index (χ3n) is 2.88. The molecule has 0 saturated carbocycles. The Bertz CT molecular complexity index is 604. The van der Waals surface area contributed by atoms with Crippen LogP contribution < -0.4 is 4.74 Å². The summed E-state index contributed by atoms with van der Waals surface area (Å²) in [5, 5.41) is 26.0. The summed E-state index contributed by atoms with van der Waals surface area (Å²) in [6.07, 6.45) is 0.312. The summed E-state index contributed by atoms with van der Waals surface area (Å²) in [5.74, 6) is 0.250. The fraction of sp³-hybridized carbons (Fsp3) is 0.385. The molecule has 0 spiro atoms. The minimum absolute atomic E-state index is 0.0767. The zero-order chi connectivity index (χ0) is 14.0. The second-order valence-corrected chi connectivity index (χ2v) is 4.84. The maximum Gasteiger partial charge on any atom is 0.511 e. The van der Waals surface area contributed by atoms with Crippen molar-refractivity contribution >= 4 is 17.1 Å². The van der Waals surface area contributed by atoms with Gasteiger partial charge in [-0.1, -0.05) is 13.8 Å². The van der Waals surface area contributed by atoms with Gasteiger partial charge in [-0.2, -0.15) is 5.10 Å². The fourth-order valence-electron chi connectivity index (χ4n) is 1.88. The van der Waals surface area contributed by atoms with Crippen molar-refractivity contribution in [3.05, 3.63) is 17.8 Å². The number of aromatic amines is 1. The van der Waals surface area contributed by atoms with E-state index in [1.165, 1.54) is 12.1 Å². The predicted molar refractivity (Wildman–Crippen MR) is 69.6 cm³/mol. The molecule has 0 aliphatic heterocycles. The van der Waals surface area contributed by atoms with Gasteiger partial charge in [-0.05, 0) is 24.8 Å². The zero-order valence-electron chi connectivity index (χ0n) is 10.8. The van der Waals surface area contributed by atoms with Crippen LogP contribution in [0.2, 0.25) is 0 Å². The van der Waals surface area contributed by atoms with Crippen molar-refractivity contribution in [3.8, 4) is 11.5 Å². The first-order chi connectivity index (χ1) is 8.97. The molecule has 0 radical (unpaired) electrons. The molecule has 0 aliphatic carbocycles. The number of aryl methyl sites for hydroxylation is 1. The summed E-state index contributed by atoms with van der Waals surface area (Å²) in [4.78, 5) is 10.5. The summed E-state index contributed by atoms with van der Waals surface area (Å²) in [6, 6.07) is 2.91. The third kappa shape index (κ3) is 2.96. The van der Waals surface area contributed by atoms with E-state index in [0.29, 0.717) is 11.4 Å². The first-order valence-electron chi connectivity index (χ1n) is 6.08. The molecule has 1 aromatic carbocycles. The molecule has 0 unspecified atom stereocenters. The summed E-state index contributed by atoms with van der Waals surface area (Å²) < 4.78 is 4.53. The number of aromatic nitrogens is 2. The van der Waals surface area contributed by atoms with Crippen molar-refractivity contribution in [1.82, 2.24) is 10.2 Å². The van der Waals surface area contributed by atoms with E-state index >= 15 is 0 Å². The van der Waals surface area contributed by atoms with Crippen LogP contribution >= 0.6 is 0 Å². The number of benzene rings is 1. The number of ether oxygens (including phenoxy) is 1. The molecule has 0 aliphatic rings. The van der Waals surface area contributed by atoms with Gasteiger partial charge in [-0.25, -0.2) is 4.79 Å². The largest absolute Gasteiger partial charge is 0.511 e. The predicted octanol–water partition coefficient (Wildman–Crippen LogP) is 2.91. The van der Waals surface area contributed by atoms with Gasteiger partial charge in [0.2, 0.25) is 0 Å². The van der Waals surface area contributed by atoms with E-state index in [4.69, 9.17) is 5.11 Å². The van der Waals surface area contributed by atoms with E-state index < -0.39 is 6.16 Å². The Morgan fingerprint density at radius 3 is 2.84 bits per heavy atom. The van der Waals surface area contributed by atoms with Gasteiger partial charge in [0.25, 0.3) is 0 Å². The molecule has 19 heavy (non-hydrogen) atoms. The summed E-state index contributed by atoms with van der Waals surface area (Å²) in [5.41, 5.74) is 1.51. The smallest absolute Gasteiger partial charge is 0.504 e. The number of aromatic hydroxyl groups is 1. The molecule has 2 aromatic rings. The fourth-order valence-corrected chi connectivity index (χ4v) is 1.88. The molecule has 0 amide bonds. The van der Waals surface area contributed by atoms with E-state index in [0.717, 1.165) is 23.9 Å². The number of hydrogen-bond acceptors (Lipinski definition) is 4. The number of rotatable bonds is 4. The molecule has 0 saturated heterocycles. The molecule has 1 heterocycles. The number of H-pyrrole nitrogens is 1. The van der Waals surface area contributed by atoms with Gasteiger partial charge in [0.15, 0.2) is 11.5 Å². The van der Waals surface area contributed by atoms with Crippen molar-refractivity contribution in [2.75, 3.05) is 0 Å². The molecule has 1 aromatic heterocycles. The number of fused-ring (bicyclic) bond motifs is 1. The van der Waals surface area contributed by atoms with Gasteiger partial charge in [0.1, 0.15) is 0 Å². The Balaban J connectivity index is 2.37. The highest BCUT2D eigenvalue weighted by Crippen LogP contribution is 2.32. The molecular weight excluding hydrogens is 248 g/mol. The van der Waals surface area contributed by atoms with Gasteiger partial charge in [-0.3, -0.25) is 5.10 Å². The molecule has 102 valence electrons. The van der Waals surface area contributed by atoms with Gasteiger partial charge in [0.05, 0.1) is 11.2 Å². The summed E-state index contributed by atoms with van der Waals surface area (Å²) in [6.45, 7) is 4.25. The first kappa shape index (κ1) is 13.2. The van der Waals surface area contributed by atoms with E-state index in [1.807, 2.05) is 0 Å². The second-order valence-electron chi connectivity index (χ2n) is 4.84. The number of phenols is 1. The highest BCUT2D eigenvalue weighted by atomic mass is 16.7.